The van der Waals surface area contributed by atoms with Gasteiger partial charge >= 0.3 is 6.18 Å². The molecule has 0 unspecified atom stereocenters. The van der Waals surface area contributed by atoms with Gasteiger partial charge in [0.1, 0.15) is 17.1 Å². The van der Waals surface area contributed by atoms with Gasteiger partial charge in [0.25, 0.3) is 17.0 Å². The number of amides is 1. The number of carbonyl (C=O) groups excluding carboxylic acids is 1. The average Bonchev–Trinajstić information content (AvgIpc) is 2.78. The summed E-state index contributed by atoms with van der Waals surface area (Å²) in [5, 5.41) is 0.376. The van der Waals surface area contributed by atoms with Gasteiger partial charge in [-0.2, -0.15) is 13.2 Å². The largest absolute Gasteiger partial charge is 0.431 e. The minimum absolute atomic E-state index is 0.0384. The van der Waals surface area contributed by atoms with Gasteiger partial charge in [0.2, 0.25) is 0 Å². The van der Waals surface area contributed by atoms with E-state index in [0.717, 1.165) is 11.6 Å². The van der Waals surface area contributed by atoms with Crippen molar-refractivity contribution in [1.82, 2.24) is 19.9 Å². The normalized spacial score (nSPS) is 11.5. The van der Waals surface area contributed by atoms with Gasteiger partial charge in [0.15, 0.2) is 0 Å². The average molecular weight is 454 g/mol. The number of para-hydroxylation sites is 1. The van der Waals surface area contributed by atoms with Crippen molar-refractivity contribution in [3.8, 4) is 0 Å². The Morgan fingerprint density at radius 2 is 1.55 bits per heavy atom. The van der Waals surface area contributed by atoms with Crippen LogP contribution >= 0.6 is 0 Å². The number of nitrogens with one attached hydrogen (secondary N) is 2. The second-order valence-electron chi connectivity index (χ2n) is 7.29. The van der Waals surface area contributed by atoms with Crippen LogP contribution in [0.4, 0.5) is 13.2 Å². The van der Waals surface area contributed by atoms with Gasteiger partial charge in [0.05, 0.1) is 17.4 Å². The van der Waals surface area contributed by atoms with Crippen LogP contribution in [0, 0.1) is 0 Å². The number of H-pyrrole nitrogens is 2. The predicted molar refractivity (Wildman–Crippen MR) is 114 cm³/mol. The van der Waals surface area contributed by atoms with Crippen molar-refractivity contribution in [2.75, 3.05) is 0 Å². The minimum Gasteiger partial charge on any atom is -0.327 e. The van der Waals surface area contributed by atoms with E-state index in [2.05, 4.69) is 9.97 Å². The van der Waals surface area contributed by atoms with Crippen molar-refractivity contribution in [1.29, 1.82) is 0 Å². The Kier molecular flexibility index (Phi) is 5.82. The van der Waals surface area contributed by atoms with E-state index in [1.165, 1.54) is 4.90 Å². The second kappa shape index (κ2) is 8.73. The molecule has 0 saturated heterocycles. The molecule has 0 radical (unpaired) electrons. The Labute approximate surface area is 184 Å². The predicted octanol–water partition coefficient (Wildman–Crippen LogP) is 3.47. The van der Waals surface area contributed by atoms with Crippen molar-refractivity contribution in [3.63, 3.8) is 0 Å². The monoisotopic (exact) mass is 454 g/mol. The van der Waals surface area contributed by atoms with Crippen molar-refractivity contribution >= 4 is 16.8 Å². The lowest BCUT2D eigenvalue weighted by molar-refractivity contribution is -0.141. The highest BCUT2D eigenvalue weighted by Gasteiger charge is 2.32. The van der Waals surface area contributed by atoms with Gasteiger partial charge in [-0.25, -0.2) is 4.98 Å². The second-order valence-corrected chi connectivity index (χ2v) is 7.29. The molecular formula is C23H17F3N4O3. The number of aromatic amines is 2. The lowest BCUT2D eigenvalue weighted by Gasteiger charge is -2.22. The summed E-state index contributed by atoms with van der Waals surface area (Å²) in [5.74, 6) is -0.629. The number of hydrogen-bond acceptors (Lipinski definition) is 4. The van der Waals surface area contributed by atoms with E-state index in [1.807, 2.05) is 0 Å². The Balaban J connectivity index is 1.72. The van der Waals surface area contributed by atoms with Crippen LogP contribution in [0.1, 0.15) is 27.4 Å². The molecule has 2 aromatic heterocycles. The molecule has 2 heterocycles. The molecule has 0 saturated carbocycles. The SMILES string of the molecule is O=C(c1ccc(C(F)(F)F)[nH]c1=O)N(Cc1ccccc1)Cc1nc2ccccc2c(=O)[nH]1. The minimum atomic E-state index is -4.75. The van der Waals surface area contributed by atoms with Crippen molar-refractivity contribution in [2.24, 2.45) is 0 Å². The molecule has 168 valence electrons. The molecule has 2 aromatic carbocycles. The highest BCUT2D eigenvalue weighted by molar-refractivity contribution is 5.93. The van der Waals surface area contributed by atoms with Crippen LogP contribution < -0.4 is 11.1 Å². The quantitative estimate of drug-likeness (QED) is 0.482. The molecule has 0 atom stereocenters. The number of alkyl halides is 3. The zero-order chi connectivity index (χ0) is 23.6. The summed E-state index contributed by atoms with van der Waals surface area (Å²) in [7, 11) is 0. The molecule has 4 rings (SSSR count). The number of pyridine rings is 1. The molecule has 4 aromatic rings. The van der Waals surface area contributed by atoms with E-state index in [-0.39, 0.29) is 18.9 Å². The summed E-state index contributed by atoms with van der Waals surface area (Å²) in [5.41, 5.74) is -2.11. The molecule has 1 amide bonds. The molecular weight excluding hydrogens is 437 g/mol. The highest BCUT2D eigenvalue weighted by Crippen LogP contribution is 2.26. The van der Waals surface area contributed by atoms with Gasteiger partial charge in [-0.3, -0.25) is 14.4 Å². The number of benzene rings is 2. The molecule has 33 heavy (non-hydrogen) atoms. The molecule has 0 fully saturated rings. The maximum Gasteiger partial charge on any atom is 0.431 e. The van der Waals surface area contributed by atoms with E-state index in [0.29, 0.717) is 17.0 Å². The molecule has 0 bridgehead atoms. The molecule has 7 nitrogen and oxygen atoms in total. The summed E-state index contributed by atoms with van der Waals surface area (Å²) in [6.07, 6.45) is -4.75. The number of rotatable bonds is 5. The highest BCUT2D eigenvalue weighted by atomic mass is 19.4. The smallest absolute Gasteiger partial charge is 0.327 e. The van der Waals surface area contributed by atoms with Gasteiger partial charge in [0, 0.05) is 6.54 Å². The standard InChI is InChI=1S/C23H17F3N4O3/c24-23(25,26)18-11-10-16(21(32)28-18)22(33)30(12-14-6-2-1-3-7-14)13-19-27-17-9-5-4-8-15(17)20(31)29-19/h1-11H,12-13H2,(H,28,32)(H,27,29,31). The van der Waals surface area contributed by atoms with Gasteiger partial charge in [-0.15, -0.1) is 0 Å². The molecule has 2 N–H and O–H groups in total. The maximum absolute atomic E-state index is 13.2. The zero-order valence-corrected chi connectivity index (χ0v) is 17.0. The summed E-state index contributed by atoms with van der Waals surface area (Å²) >= 11 is 0. The molecule has 0 spiro atoms. The van der Waals surface area contributed by atoms with Crippen molar-refractivity contribution in [3.05, 3.63) is 110 Å². The number of aromatic nitrogens is 3. The summed E-state index contributed by atoms with van der Waals surface area (Å²) < 4.78 is 38.7. The van der Waals surface area contributed by atoms with Gasteiger partial charge in [-0.05, 0) is 29.8 Å². The number of fused-ring (bicyclic) bond motifs is 1. The fourth-order valence-corrected chi connectivity index (χ4v) is 3.37. The van der Waals surface area contributed by atoms with Crippen molar-refractivity contribution < 1.29 is 18.0 Å². The first kappa shape index (κ1) is 22.0. The van der Waals surface area contributed by atoms with Crippen LogP contribution in [-0.4, -0.2) is 25.8 Å². The summed E-state index contributed by atoms with van der Waals surface area (Å²) in [6.45, 7) is -0.134. The van der Waals surface area contributed by atoms with Crippen LogP contribution in [0.5, 0.6) is 0 Å². The first-order valence-electron chi connectivity index (χ1n) is 9.84. The van der Waals surface area contributed by atoms with E-state index in [4.69, 9.17) is 0 Å². The van der Waals surface area contributed by atoms with Crippen LogP contribution in [0.15, 0.2) is 76.3 Å². The lowest BCUT2D eigenvalue weighted by atomic mass is 10.1. The van der Waals surface area contributed by atoms with E-state index < -0.39 is 34.5 Å². The summed E-state index contributed by atoms with van der Waals surface area (Å²) in [4.78, 5) is 47.8. The third-order valence-electron chi connectivity index (χ3n) is 4.95. The molecule has 0 aliphatic rings. The first-order chi connectivity index (χ1) is 15.7. The number of halogens is 3. The van der Waals surface area contributed by atoms with Crippen LogP contribution in [0.2, 0.25) is 0 Å². The Bertz CT molecular complexity index is 1430. The Morgan fingerprint density at radius 1 is 0.848 bits per heavy atom. The van der Waals surface area contributed by atoms with Crippen LogP contribution in [-0.2, 0) is 19.3 Å². The van der Waals surface area contributed by atoms with Crippen LogP contribution in [0.3, 0.4) is 0 Å². The van der Waals surface area contributed by atoms with Gasteiger partial charge in [-0.1, -0.05) is 42.5 Å². The zero-order valence-electron chi connectivity index (χ0n) is 17.0. The Morgan fingerprint density at radius 3 is 2.24 bits per heavy atom. The van der Waals surface area contributed by atoms with Crippen molar-refractivity contribution in [2.45, 2.75) is 19.3 Å². The maximum atomic E-state index is 13.2. The molecule has 10 heteroatoms. The van der Waals surface area contributed by atoms with E-state index in [9.17, 15) is 27.6 Å². The summed E-state index contributed by atoms with van der Waals surface area (Å²) in [6, 6.07) is 17.0. The van der Waals surface area contributed by atoms with Crippen LogP contribution in [0.25, 0.3) is 10.9 Å². The fourth-order valence-electron chi connectivity index (χ4n) is 3.37. The topological polar surface area (TPSA) is 98.9 Å². The molecule has 0 aliphatic carbocycles. The fraction of sp³-hybridized carbons (Fsp3) is 0.130. The Hall–Kier alpha value is -4.21. The first-order valence-corrected chi connectivity index (χ1v) is 9.84. The third kappa shape index (κ3) is 4.84. The third-order valence-corrected chi connectivity index (χ3v) is 4.95. The van der Waals surface area contributed by atoms with E-state index >= 15 is 0 Å². The lowest BCUT2D eigenvalue weighted by Crippen LogP contribution is -2.35. The number of hydrogen-bond donors (Lipinski definition) is 2. The molecule has 0 aliphatic heterocycles. The van der Waals surface area contributed by atoms with E-state index in [1.54, 1.807) is 59.6 Å². The number of carbonyl (C=O) groups is 1. The van der Waals surface area contributed by atoms with Gasteiger partial charge < -0.3 is 14.9 Å². The number of nitrogens with zero attached hydrogens (tertiary/aromatic N) is 2.